The molecule has 2 aromatic heterocycles. The Labute approximate surface area is 173 Å². The standard InChI is InChI=1S/C23H20N2O3S/c1-27-23(26)21-12-11-17(28-21)15-25-14-16(18-7-3-5-9-20(18)25)13-24-19-8-4-6-10-22(19)29-2/h3-14H,15H2,1-2H3. The molecule has 6 heteroatoms. The fourth-order valence-electron chi connectivity index (χ4n) is 3.23. The summed E-state index contributed by atoms with van der Waals surface area (Å²) in [5, 5.41) is 1.11. The average molecular weight is 404 g/mol. The number of para-hydroxylation sites is 2. The van der Waals surface area contributed by atoms with Gasteiger partial charge in [-0.25, -0.2) is 4.79 Å². The van der Waals surface area contributed by atoms with Gasteiger partial charge in [0, 0.05) is 33.8 Å². The molecule has 0 fully saturated rings. The Morgan fingerprint density at radius 2 is 1.93 bits per heavy atom. The number of esters is 1. The maximum absolute atomic E-state index is 11.6. The summed E-state index contributed by atoms with van der Waals surface area (Å²) in [6.07, 6.45) is 6.00. The number of fused-ring (bicyclic) bond motifs is 1. The third kappa shape index (κ3) is 3.98. The van der Waals surface area contributed by atoms with Crippen LogP contribution in [-0.2, 0) is 11.3 Å². The first-order valence-electron chi connectivity index (χ1n) is 9.11. The molecule has 0 aliphatic heterocycles. The van der Waals surface area contributed by atoms with Gasteiger partial charge in [-0.15, -0.1) is 11.8 Å². The van der Waals surface area contributed by atoms with Gasteiger partial charge < -0.3 is 13.7 Å². The zero-order chi connectivity index (χ0) is 20.2. The molecule has 2 heterocycles. The summed E-state index contributed by atoms with van der Waals surface area (Å²) in [7, 11) is 1.34. The largest absolute Gasteiger partial charge is 0.463 e. The lowest BCUT2D eigenvalue weighted by Crippen LogP contribution is -1.99. The molecule has 0 unspecified atom stereocenters. The number of carbonyl (C=O) groups is 1. The predicted octanol–water partition coefficient (Wildman–Crippen LogP) is 5.54. The second kappa shape index (κ2) is 8.41. The van der Waals surface area contributed by atoms with Gasteiger partial charge >= 0.3 is 5.97 Å². The van der Waals surface area contributed by atoms with Crippen LogP contribution >= 0.6 is 11.8 Å². The number of thioether (sulfide) groups is 1. The Kier molecular flexibility index (Phi) is 5.53. The smallest absolute Gasteiger partial charge is 0.373 e. The van der Waals surface area contributed by atoms with Gasteiger partial charge in [0.15, 0.2) is 0 Å². The van der Waals surface area contributed by atoms with E-state index in [1.807, 2.05) is 42.8 Å². The van der Waals surface area contributed by atoms with Gasteiger partial charge in [-0.3, -0.25) is 4.99 Å². The van der Waals surface area contributed by atoms with E-state index >= 15 is 0 Å². The number of aromatic nitrogens is 1. The Balaban J connectivity index is 1.67. The van der Waals surface area contributed by atoms with Crippen molar-refractivity contribution in [3.8, 4) is 0 Å². The summed E-state index contributed by atoms with van der Waals surface area (Å²) in [6.45, 7) is 0.507. The van der Waals surface area contributed by atoms with E-state index in [0.717, 1.165) is 27.0 Å². The summed E-state index contributed by atoms with van der Waals surface area (Å²) in [5.74, 6) is 0.408. The number of hydrogen-bond donors (Lipinski definition) is 0. The fourth-order valence-corrected chi connectivity index (χ4v) is 3.77. The van der Waals surface area contributed by atoms with Gasteiger partial charge in [0.05, 0.1) is 19.3 Å². The number of furan rings is 1. The Hall–Kier alpha value is -3.25. The molecule has 0 N–H and O–H groups in total. The van der Waals surface area contributed by atoms with Crippen molar-refractivity contribution < 1.29 is 13.9 Å². The van der Waals surface area contributed by atoms with E-state index in [9.17, 15) is 4.79 Å². The number of hydrogen-bond acceptors (Lipinski definition) is 5. The molecule has 2 aromatic carbocycles. The molecule has 5 nitrogen and oxygen atoms in total. The number of benzene rings is 2. The lowest BCUT2D eigenvalue weighted by molar-refractivity contribution is 0.0563. The molecule has 0 bridgehead atoms. The van der Waals surface area contributed by atoms with E-state index in [1.165, 1.54) is 7.11 Å². The van der Waals surface area contributed by atoms with Gasteiger partial charge in [-0.2, -0.15) is 0 Å². The Bertz CT molecular complexity index is 1190. The fraction of sp³-hybridized carbons (Fsp3) is 0.130. The zero-order valence-electron chi connectivity index (χ0n) is 16.2. The van der Waals surface area contributed by atoms with Crippen molar-refractivity contribution in [2.24, 2.45) is 4.99 Å². The number of methoxy groups -OCH3 is 1. The monoisotopic (exact) mass is 404 g/mol. The summed E-state index contributed by atoms with van der Waals surface area (Å²) >= 11 is 1.68. The lowest BCUT2D eigenvalue weighted by atomic mass is 10.2. The number of ether oxygens (including phenoxy) is 1. The summed E-state index contributed by atoms with van der Waals surface area (Å²) < 4.78 is 12.4. The van der Waals surface area contributed by atoms with E-state index in [0.29, 0.717) is 12.3 Å². The first-order valence-corrected chi connectivity index (χ1v) is 10.3. The van der Waals surface area contributed by atoms with Crippen molar-refractivity contribution in [3.63, 3.8) is 0 Å². The molecule has 0 aliphatic carbocycles. The van der Waals surface area contributed by atoms with E-state index in [1.54, 1.807) is 23.9 Å². The van der Waals surface area contributed by atoms with Crippen molar-refractivity contribution in [1.29, 1.82) is 0 Å². The molecule has 0 amide bonds. The third-order valence-electron chi connectivity index (χ3n) is 4.62. The Morgan fingerprint density at radius 3 is 2.76 bits per heavy atom. The number of rotatable bonds is 6. The molecule has 0 radical (unpaired) electrons. The van der Waals surface area contributed by atoms with Crippen molar-refractivity contribution in [2.75, 3.05) is 13.4 Å². The third-order valence-corrected chi connectivity index (χ3v) is 5.41. The number of nitrogens with zero attached hydrogens (tertiary/aromatic N) is 2. The van der Waals surface area contributed by atoms with Crippen LogP contribution in [0.4, 0.5) is 5.69 Å². The van der Waals surface area contributed by atoms with Gasteiger partial charge in [-0.05, 0) is 36.6 Å². The number of carbonyl (C=O) groups excluding carboxylic acids is 1. The van der Waals surface area contributed by atoms with Crippen LogP contribution in [0.3, 0.4) is 0 Å². The maximum Gasteiger partial charge on any atom is 0.373 e. The van der Waals surface area contributed by atoms with E-state index in [2.05, 4.69) is 29.0 Å². The van der Waals surface area contributed by atoms with Crippen LogP contribution in [0.15, 0.2) is 81.2 Å². The van der Waals surface area contributed by atoms with E-state index < -0.39 is 5.97 Å². The van der Waals surface area contributed by atoms with Crippen LogP contribution < -0.4 is 0 Å². The van der Waals surface area contributed by atoms with Crippen LogP contribution in [0.1, 0.15) is 21.9 Å². The minimum atomic E-state index is -0.478. The normalized spacial score (nSPS) is 11.4. The second-order valence-corrected chi connectivity index (χ2v) is 7.27. The van der Waals surface area contributed by atoms with Crippen LogP contribution in [0, 0.1) is 0 Å². The molecule has 146 valence electrons. The van der Waals surface area contributed by atoms with Crippen molar-refractivity contribution >= 4 is 40.5 Å². The molecule has 0 saturated carbocycles. The highest BCUT2D eigenvalue weighted by molar-refractivity contribution is 7.98. The summed E-state index contributed by atoms with van der Waals surface area (Å²) in [6, 6.07) is 19.7. The van der Waals surface area contributed by atoms with Crippen LogP contribution in [0.5, 0.6) is 0 Å². The van der Waals surface area contributed by atoms with Crippen LogP contribution in [0.25, 0.3) is 10.9 Å². The molecule has 0 aliphatic rings. The highest BCUT2D eigenvalue weighted by Gasteiger charge is 2.13. The minimum absolute atomic E-state index is 0.203. The molecule has 0 saturated heterocycles. The van der Waals surface area contributed by atoms with Gasteiger partial charge in [0.1, 0.15) is 5.76 Å². The molecular weight excluding hydrogens is 384 g/mol. The maximum atomic E-state index is 11.6. The minimum Gasteiger partial charge on any atom is -0.463 e. The molecule has 0 atom stereocenters. The quantitative estimate of drug-likeness (QED) is 0.240. The molecule has 29 heavy (non-hydrogen) atoms. The highest BCUT2D eigenvalue weighted by Crippen LogP contribution is 2.28. The van der Waals surface area contributed by atoms with Crippen molar-refractivity contribution in [3.05, 3.63) is 83.9 Å². The number of aliphatic imine (C=N–C) groups is 1. The van der Waals surface area contributed by atoms with Crippen molar-refractivity contribution in [2.45, 2.75) is 11.4 Å². The van der Waals surface area contributed by atoms with Crippen LogP contribution in [0.2, 0.25) is 0 Å². The summed E-state index contributed by atoms with van der Waals surface area (Å²) in [5.41, 5.74) is 3.05. The molecular formula is C23H20N2O3S. The van der Waals surface area contributed by atoms with Crippen LogP contribution in [-0.4, -0.2) is 30.1 Å². The van der Waals surface area contributed by atoms with Crippen molar-refractivity contribution in [1.82, 2.24) is 4.57 Å². The Morgan fingerprint density at radius 1 is 1.14 bits per heavy atom. The highest BCUT2D eigenvalue weighted by atomic mass is 32.2. The van der Waals surface area contributed by atoms with Gasteiger partial charge in [-0.1, -0.05) is 30.3 Å². The zero-order valence-corrected chi connectivity index (χ0v) is 17.0. The summed E-state index contributed by atoms with van der Waals surface area (Å²) in [4.78, 5) is 17.5. The molecule has 0 spiro atoms. The second-order valence-electron chi connectivity index (χ2n) is 6.42. The van der Waals surface area contributed by atoms with E-state index in [-0.39, 0.29) is 5.76 Å². The van der Waals surface area contributed by atoms with Gasteiger partial charge in [0.25, 0.3) is 0 Å². The molecule has 4 rings (SSSR count). The topological polar surface area (TPSA) is 56.7 Å². The lowest BCUT2D eigenvalue weighted by Gasteiger charge is -2.02. The first kappa shape index (κ1) is 19.1. The van der Waals surface area contributed by atoms with E-state index in [4.69, 9.17) is 14.1 Å². The molecule has 4 aromatic rings. The first-order chi connectivity index (χ1) is 14.2. The predicted molar refractivity (Wildman–Crippen MR) is 117 cm³/mol. The average Bonchev–Trinajstić information content (AvgIpc) is 3.37. The van der Waals surface area contributed by atoms with Gasteiger partial charge in [0.2, 0.25) is 5.76 Å². The SMILES string of the molecule is COC(=O)c1ccc(Cn2cc(C=Nc3ccccc3SC)c3ccccc32)o1.